The second kappa shape index (κ2) is 11.9. The molecule has 3 rings (SSSR count). The lowest BCUT2D eigenvalue weighted by Crippen LogP contribution is -2.68. The van der Waals surface area contributed by atoms with Gasteiger partial charge in [-0.05, 0) is 31.4 Å². The molecule has 2 saturated heterocycles. The zero-order valence-corrected chi connectivity index (χ0v) is 21.6. The summed E-state index contributed by atoms with van der Waals surface area (Å²) in [5.74, 6) is -1.80. The third-order valence-electron chi connectivity index (χ3n) is 6.96. The molecule has 2 atom stereocenters. The predicted octanol–water partition coefficient (Wildman–Crippen LogP) is 2.67. The Kier molecular flexibility index (Phi) is 9.21. The van der Waals surface area contributed by atoms with Gasteiger partial charge in [-0.3, -0.25) is 10.1 Å². The zero-order chi connectivity index (χ0) is 26.3. The molecule has 36 heavy (non-hydrogen) atoms. The minimum Gasteiger partial charge on any atom is -0.496 e. The van der Waals surface area contributed by atoms with Crippen molar-refractivity contribution in [3.05, 3.63) is 29.3 Å². The molecular weight excluding hydrogens is 466 g/mol. The van der Waals surface area contributed by atoms with Crippen LogP contribution in [0, 0.1) is 12.8 Å². The molecule has 2 fully saturated rings. The van der Waals surface area contributed by atoms with Crippen molar-refractivity contribution in [2.75, 3.05) is 33.4 Å². The number of methoxy groups -OCH3 is 1. The monoisotopic (exact) mass is 504 g/mol. The zero-order valence-electron chi connectivity index (χ0n) is 21.6. The molecule has 2 aliphatic rings. The molecule has 0 unspecified atom stereocenters. The number of rotatable bonds is 10. The third-order valence-corrected chi connectivity index (χ3v) is 6.96. The summed E-state index contributed by atoms with van der Waals surface area (Å²) in [6.07, 6.45) is 3.41. The highest BCUT2D eigenvalue weighted by Gasteiger charge is 2.54. The SMILES string of the molecule is COc1cccc(C(=O)N[C@H](C(=O)[N+]2(C(=O)N[C@@]3(OCCC=O)CCCO3)CCCC2)C(C)C)c1C. The fraction of sp³-hybridized carbons (Fsp3) is 0.615. The number of carbonyl (C=O) groups is 4. The van der Waals surface area contributed by atoms with E-state index in [9.17, 15) is 19.2 Å². The number of hydrogen-bond acceptors (Lipinski definition) is 7. The Balaban J connectivity index is 1.84. The smallest absolute Gasteiger partial charge is 0.428 e. The van der Waals surface area contributed by atoms with E-state index in [2.05, 4.69) is 10.6 Å². The highest BCUT2D eigenvalue weighted by atomic mass is 16.7. The van der Waals surface area contributed by atoms with Gasteiger partial charge in [-0.2, -0.15) is 4.48 Å². The van der Waals surface area contributed by atoms with Gasteiger partial charge in [-0.1, -0.05) is 19.9 Å². The second-order valence-electron chi connectivity index (χ2n) is 9.73. The van der Waals surface area contributed by atoms with Crippen LogP contribution in [0.4, 0.5) is 4.79 Å². The van der Waals surface area contributed by atoms with Gasteiger partial charge in [-0.15, -0.1) is 0 Å². The van der Waals surface area contributed by atoms with E-state index in [0.29, 0.717) is 62.3 Å². The Morgan fingerprint density at radius 1 is 1.19 bits per heavy atom. The number of nitrogens with zero attached hydrogens (tertiary/aromatic N) is 1. The van der Waals surface area contributed by atoms with Gasteiger partial charge in [0.2, 0.25) is 0 Å². The lowest BCUT2D eigenvalue weighted by Gasteiger charge is -2.36. The minimum absolute atomic E-state index is 0.0995. The molecule has 4 amide bonds. The molecular formula is C26H38N3O7+. The Hall–Kier alpha value is -2.82. The molecule has 10 nitrogen and oxygen atoms in total. The number of quaternary nitrogens is 1. The number of aldehydes is 1. The quantitative estimate of drug-likeness (QED) is 0.218. The number of ether oxygens (including phenoxy) is 3. The molecule has 0 radical (unpaired) electrons. The summed E-state index contributed by atoms with van der Waals surface area (Å²) in [5.41, 5.74) is 1.08. The first-order valence-corrected chi connectivity index (χ1v) is 12.6. The summed E-state index contributed by atoms with van der Waals surface area (Å²) >= 11 is 0. The lowest BCUT2D eigenvalue weighted by molar-refractivity contribution is -0.762. The molecule has 2 heterocycles. The van der Waals surface area contributed by atoms with E-state index < -0.39 is 28.4 Å². The molecule has 0 aromatic heterocycles. The highest BCUT2D eigenvalue weighted by molar-refractivity contribution is 5.99. The van der Waals surface area contributed by atoms with Gasteiger partial charge in [0.15, 0.2) is 0 Å². The van der Waals surface area contributed by atoms with E-state index >= 15 is 0 Å². The number of nitrogens with one attached hydrogen (secondary N) is 2. The van der Waals surface area contributed by atoms with E-state index in [4.69, 9.17) is 14.2 Å². The number of hydrogen-bond donors (Lipinski definition) is 2. The molecule has 0 saturated carbocycles. The van der Waals surface area contributed by atoms with Gasteiger partial charge >= 0.3 is 11.9 Å². The molecule has 10 heteroatoms. The Morgan fingerprint density at radius 3 is 2.50 bits per heavy atom. The van der Waals surface area contributed by atoms with Crippen LogP contribution in [-0.2, 0) is 19.1 Å². The van der Waals surface area contributed by atoms with Crippen LogP contribution in [-0.4, -0.2) is 74.0 Å². The Morgan fingerprint density at radius 2 is 1.92 bits per heavy atom. The minimum atomic E-state index is -1.36. The fourth-order valence-electron chi connectivity index (χ4n) is 4.88. The number of amides is 4. The molecule has 2 aliphatic heterocycles. The number of urea groups is 1. The molecule has 0 aliphatic carbocycles. The van der Waals surface area contributed by atoms with E-state index in [1.165, 1.54) is 7.11 Å². The standard InChI is InChI=1S/C26H37N3O7/c1-18(2)22(27-23(31)20-10-7-11-21(34-4)19(20)3)24(32)29(13-5-6-14-29)25(33)28-26(12-8-16-35-26)36-17-9-15-30/h7,10-11,15,18,22H,5-6,8-9,12-14,16-17H2,1-4H3,(H-,27,28,31,33)/p+1/t22-,26-/m0/s1. The summed E-state index contributed by atoms with van der Waals surface area (Å²) in [6, 6.07) is 3.77. The normalized spacial score (nSPS) is 21.7. The second-order valence-corrected chi connectivity index (χ2v) is 9.73. The van der Waals surface area contributed by atoms with Crippen molar-refractivity contribution in [1.29, 1.82) is 0 Å². The largest absolute Gasteiger partial charge is 0.496 e. The van der Waals surface area contributed by atoms with Gasteiger partial charge in [0.25, 0.3) is 11.8 Å². The van der Waals surface area contributed by atoms with E-state index in [-0.39, 0.29) is 24.9 Å². The number of likely N-dealkylation sites (tertiary alicyclic amines) is 1. The summed E-state index contributed by atoms with van der Waals surface area (Å²) in [5, 5.41) is 5.73. The number of imide groups is 1. The highest BCUT2D eigenvalue weighted by Crippen LogP contribution is 2.29. The first kappa shape index (κ1) is 27.8. The molecule has 2 N–H and O–H groups in total. The van der Waals surface area contributed by atoms with Gasteiger partial charge in [0, 0.05) is 36.8 Å². The number of benzene rings is 1. The summed E-state index contributed by atoms with van der Waals surface area (Å²) in [4.78, 5) is 51.7. The summed E-state index contributed by atoms with van der Waals surface area (Å²) < 4.78 is 16.4. The van der Waals surface area contributed by atoms with Gasteiger partial charge in [-0.25, -0.2) is 9.59 Å². The van der Waals surface area contributed by atoms with E-state index in [1.807, 2.05) is 13.8 Å². The van der Waals surface area contributed by atoms with Crippen molar-refractivity contribution in [2.45, 2.75) is 64.8 Å². The average molecular weight is 505 g/mol. The van der Waals surface area contributed by atoms with Crippen molar-refractivity contribution in [1.82, 2.24) is 10.6 Å². The van der Waals surface area contributed by atoms with Crippen molar-refractivity contribution in [3.63, 3.8) is 0 Å². The van der Waals surface area contributed by atoms with Gasteiger partial charge < -0.3 is 24.3 Å². The van der Waals surface area contributed by atoms with E-state index in [1.54, 1.807) is 25.1 Å². The van der Waals surface area contributed by atoms with Crippen LogP contribution < -0.4 is 15.4 Å². The van der Waals surface area contributed by atoms with Gasteiger partial charge in [0.1, 0.15) is 18.1 Å². The van der Waals surface area contributed by atoms with Crippen LogP contribution in [0.25, 0.3) is 0 Å². The molecule has 1 aromatic carbocycles. The molecule has 198 valence electrons. The predicted molar refractivity (Wildman–Crippen MR) is 131 cm³/mol. The Labute approximate surface area is 212 Å². The lowest BCUT2D eigenvalue weighted by atomic mass is 10.00. The van der Waals surface area contributed by atoms with Crippen molar-refractivity contribution < 1.29 is 37.9 Å². The summed E-state index contributed by atoms with van der Waals surface area (Å²) in [7, 11) is 1.54. The Bertz CT molecular complexity index is 966. The van der Waals surface area contributed by atoms with Crippen LogP contribution in [0.2, 0.25) is 0 Å². The molecule has 0 spiro atoms. The van der Waals surface area contributed by atoms with Crippen molar-refractivity contribution in [3.8, 4) is 5.75 Å². The van der Waals surface area contributed by atoms with Crippen molar-refractivity contribution in [2.24, 2.45) is 5.92 Å². The van der Waals surface area contributed by atoms with Crippen LogP contribution >= 0.6 is 0 Å². The van der Waals surface area contributed by atoms with Crippen LogP contribution in [0.1, 0.15) is 61.9 Å². The van der Waals surface area contributed by atoms with Crippen LogP contribution in [0.3, 0.4) is 0 Å². The maximum Gasteiger partial charge on any atom is 0.428 e. The first-order valence-electron chi connectivity index (χ1n) is 12.6. The molecule has 0 bridgehead atoms. The summed E-state index contributed by atoms with van der Waals surface area (Å²) in [6.45, 7) is 6.63. The maximum absolute atomic E-state index is 14.0. The number of carbonyl (C=O) groups excluding carboxylic acids is 4. The van der Waals surface area contributed by atoms with Crippen LogP contribution in [0.15, 0.2) is 18.2 Å². The first-order chi connectivity index (χ1) is 17.2. The third kappa shape index (κ3) is 5.77. The maximum atomic E-state index is 14.0. The topological polar surface area (TPSA) is 120 Å². The van der Waals surface area contributed by atoms with E-state index in [0.717, 1.165) is 6.29 Å². The van der Waals surface area contributed by atoms with Gasteiger partial charge in [0.05, 0.1) is 33.4 Å². The average Bonchev–Trinajstić information content (AvgIpc) is 3.53. The van der Waals surface area contributed by atoms with Crippen molar-refractivity contribution >= 4 is 24.1 Å². The fourth-order valence-corrected chi connectivity index (χ4v) is 4.88. The van der Waals surface area contributed by atoms with Crippen LogP contribution in [0.5, 0.6) is 5.75 Å². The molecule has 1 aromatic rings.